The number of hydrogen-bond acceptors (Lipinski definition) is 6. The molecule has 2 saturated heterocycles. The van der Waals surface area contributed by atoms with E-state index in [4.69, 9.17) is 9.47 Å². The van der Waals surface area contributed by atoms with E-state index in [9.17, 15) is 26.4 Å². The van der Waals surface area contributed by atoms with Gasteiger partial charge in [-0.25, -0.2) is 8.42 Å². The Hall–Kier alpha value is -2.47. The highest BCUT2D eigenvalue weighted by Crippen LogP contribution is 2.44. The summed E-state index contributed by atoms with van der Waals surface area (Å²) in [5.41, 5.74) is -0.552. The molecule has 0 unspecified atom stereocenters. The summed E-state index contributed by atoms with van der Waals surface area (Å²) >= 11 is 0. The van der Waals surface area contributed by atoms with Gasteiger partial charge in [0.2, 0.25) is 5.91 Å². The van der Waals surface area contributed by atoms with Crippen molar-refractivity contribution in [3.05, 3.63) is 65.7 Å². The molecule has 2 aromatic carbocycles. The summed E-state index contributed by atoms with van der Waals surface area (Å²) in [7, 11) is -1.53. The van der Waals surface area contributed by atoms with Crippen molar-refractivity contribution in [3.63, 3.8) is 0 Å². The Labute approximate surface area is 252 Å². The predicted octanol–water partition coefficient (Wildman–Crippen LogP) is 5.50. The number of halogens is 3. The van der Waals surface area contributed by atoms with E-state index in [1.54, 1.807) is 36.4 Å². The number of rotatable bonds is 9. The molecule has 5 rings (SSSR count). The van der Waals surface area contributed by atoms with Crippen LogP contribution in [0, 0.1) is 11.8 Å². The van der Waals surface area contributed by atoms with Crippen molar-refractivity contribution in [2.24, 2.45) is 11.8 Å². The Morgan fingerprint density at radius 2 is 1.72 bits per heavy atom. The van der Waals surface area contributed by atoms with E-state index < -0.39 is 33.3 Å². The Kier molecular flexibility index (Phi) is 9.28. The summed E-state index contributed by atoms with van der Waals surface area (Å²) in [6.45, 7) is 5.12. The zero-order valence-corrected chi connectivity index (χ0v) is 25.7. The number of nitrogens with zero attached hydrogens (tertiary/aromatic N) is 2. The van der Waals surface area contributed by atoms with Crippen LogP contribution in [0.1, 0.15) is 57.1 Å². The lowest BCUT2D eigenvalue weighted by atomic mass is 9.80. The first-order chi connectivity index (χ1) is 20.3. The largest absolute Gasteiger partial charge is 0.416 e. The van der Waals surface area contributed by atoms with Gasteiger partial charge in [-0.1, -0.05) is 30.3 Å². The summed E-state index contributed by atoms with van der Waals surface area (Å²) in [5, 5.41) is 0. The molecule has 0 bridgehead atoms. The van der Waals surface area contributed by atoms with Crippen LogP contribution in [0.2, 0.25) is 0 Å². The molecule has 3 aliphatic rings. The molecule has 4 atom stereocenters. The van der Waals surface area contributed by atoms with Crippen molar-refractivity contribution in [1.29, 1.82) is 0 Å². The van der Waals surface area contributed by atoms with Gasteiger partial charge < -0.3 is 19.3 Å². The van der Waals surface area contributed by atoms with Crippen molar-refractivity contribution in [2.45, 2.75) is 80.9 Å². The summed E-state index contributed by atoms with van der Waals surface area (Å²) in [5.74, 6) is -2.39. The van der Waals surface area contributed by atoms with E-state index in [2.05, 4.69) is 25.8 Å². The fourth-order valence-corrected chi connectivity index (χ4v) is 8.69. The summed E-state index contributed by atoms with van der Waals surface area (Å²) in [4.78, 5) is 18.4. The minimum atomic E-state index is -4.52. The smallest absolute Gasteiger partial charge is 0.343 e. The zero-order chi connectivity index (χ0) is 31.0. The lowest BCUT2D eigenvalue weighted by molar-refractivity contribution is -0.182. The van der Waals surface area contributed by atoms with Crippen LogP contribution < -0.4 is 0 Å². The highest BCUT2D eigenvalue weighted by atomic mass is 32.2. The summed E-state index contributed by atoms with van der Waals surface area (Å²) in [6.07, 6.45) is -1.75. The average molecular weight is 623 g/mol. The maximum absolute atomic E-state index is 14.0. The molecule has 7 nitrogen and oxygen atoms in total. The molecule has 43 heavy (non-hydrogen) atoms. The summed E-state index contributed by atoms with van der Waals surface area (Å²) < 4.78 is 79.4. The van der Waals surface area contributed by atoms with Crippen LogP contribution in [0.15, 0.2) is 59.5 Å². The second-order valence-corrected chi connectivity index (χ2v) is 14.4. The number of ether oxygens (including phenoxy) is 2. The van der Waals surface area contributed by atoms with Crippen LogP contribution in [-0.4, -0.2) is 74.8 Å². The lowest BCUT2D eigenvalue weighted by Crippen LogP contribution is -2.52. The van der Waals surface area contributed by atoms with E-state index in [0.717, 1.165) is 18.6 Å². The van der Waals surface area contributed by atoms with Crippen LogP contribution in [0.3, 0.4) is 0 Å². The maximum atomic E-state index is 14.0. The molecule has 11 heteroatoms. The molecular formula is C32H41F3N2O5S. The Balaban J connectivity index is 1.37. The van der Waals surface area contributed by atoms with Gasteiger partial charge in [-0.2, -0.15) is 13.2 Å². The fourth-order valence-electron chi connectivity index (χ4n) is 7.01. The number of carbonyl (C=O) groups is 1. The third kappa shape index (κ3) is 6.79. The van der Waals surface area contributed by atoms with Crippen LogP contribution >= 0.6 is 0 Å². The van der Waals surface area contributed by atoms with Gasteiger partial charge in [0, 0.05) is 42.6 Å². The quantitative estimate of drug-likeness (QED) is 0.368. The van der Waals surface area contributed by atoms with Crippen molar-refractivity contribution >= 4 is 15.7 Å². The minimum Gasteiger partial charge on any atom is -0.343 e. The highest BCUT2D eigenvalue weighted by Gasteiger charge is 2.49. The molecule has 236 valence electrons. The highest BCUT2D eigenvalue weighted by molar-refractivity contribution is 7.91. The lowest BCUT2D eigenvalue weighted by Gasteiger charge is -2.44. The molecule has 1 amide bonds. The topological polar surface area (TPSA) is 76.2 Å². The molecule has 0 aromatic heterocycles. The number of sulfone groups is 1. The second kappa shape index (κ2) is 12.5. The zero-order valence-electron chi connectivity index (χ0n) is 24.9. The normalized spacial score (nSPS) is 26.5. The Morgan fingerprint density at radius 3 is 2.37 bits per heavy atom. The number of hydrogen-bond donors (Lipinski definition) is 0. The number of likely N-dealkylation sites (tertiary alicyclic amines) is 1. The van der Waals surface area contributed by atoms with Crippen LogP contribution in [0.5, 0.6) is 0 Å². The maximum Gasteiger partial charge on any atom is 0.416 e. The van der Waals surface area contributed by atoms with Crippen molar-refractivity contribution in [3.8, 4) is 0 Å². The van der Waals surface area contributed by atoms with Gasteiger partial charge in [0.25, 0.3) is 0 Å². The Bertz CT molecular complexity index is 1380. The fraction of sp³-hybridized carbons (Fsp3) is 0.594. The van der Waals surface area contributed by atoms with Gasteiger partial charge in [0.1, 0.15) is 0 Å². The van der Waals surface area contributed by atoms with Crippen molar-refractivity contribution in [2.75, 3.05) is 32.6 Å². The average Bonchev–Trinajstić information content (AvgIpc) is 3.60. The predicted molar refractivity (Wildman–Crippen MR) is 156 cm³/mol. The first-order valence-corrected chi connectivity index (χ1v) is 16.7. The monoisotopic (exact) mass is 622 g/mol. The SMILES string of the molecule is CC(C)N(C)[C@@H]1CC[C@H](N2CC[C@@H](CC3(c4cccc(C(F)(F)F)c4)OCCO3)C2=O)[C@H](CS(=O)(=O)c2ccccc2)C1. The van der Waals surface area contributed by atoms with E-state index in [0.29, 0.717) is 31.8 Å². The third-order valence-electron chi connectivity index (χ3n) is 9.49. The van der Waals surface area contributed by atoms with Crippen LogP contribution in [-0.2, 0) is 36.1 Å². The molecule has 2 aliphatic heterocycles. The standard InChI is InChI=1S/C32H41F3N2O5S/c1-22(2)36(3)27-12-13-29(24(18-27)21-43(39,40)28-10-5-4-6-11-28)37-15-14-23(30(37)38)20-31(41-16-17-42-31)25-8-7-9-26(19-25)32(33,34)35/h4-11,19,22-24,27,29H,12-18,20-21H2,1-3H3/t23-,24-,27+,29-/m0/s1. The van der Waals surface area contributed by atoms with Crippen molar-refractivity contribution in [1.82, 2.24) is 9.80 Å². The molecule has 2 aromatic rings. The van der Waals surface area contributed by atoms with E-state index >= 15 is 0 Å². The number of alkyl halides is 3. The van der Waals surface area contributed by atoms with Crippen LogP contribution in [0.25, 0.3) is 0 Å². The van der Waals surface area contributed by atoms with Gasteiger partial charge >= 0.3 is 6.18 Å². The Morgan fingerprint density at radius 1 is 1.02 bits per heavy atom. The van der Waals surface area contributed by atoms with E-state index in [-0.39, 0.29) is 59.8 Å². The molecular weight excluding hydrogens is 581 g/mol. The first kappa shape index (κ1) is 31.9. The van der Waals surface area contributed by atoms with E-state index in [1.807, 2.05) is 4.90 Å². The molecule has 1 saturated carbocycles. The number of carbonyl (C=O) groups excluding carboxylic acids is 1. The van der Waals surface area contributed by atoms with Gasteiger partial charge in [-0.15, -0.1) is 0 Å². The molecule has 2 heterocycles. The van der Waals surface area contributed by atoms with Gasteiger partial charge in [-0.05, 0) is 76.8 Å². The van der Waals surface area contributed by atoms with E-state index in [1.165, 1.54) is 6.07 Å². The molecule has 3 fully saturated rings. The first-order valence-electron chi connectivity index (χ1n) is 15.1. The van der Waals surface area contributed by atoms with Gasteiger partial charge in [-0.3, -0.25) is 4.79 Å². The molecule has 0 N–H and O–H groups in total. The number of benzene rings is 2. The summed E-state index contributed by atoms with van der Waals surface area (Å²) in [6, 6.07) is 13.6. The minimum absolute atomic E-state index is 0.0566. The third-order valence-corrected chi connectivity index (χ3v) is 11.3. The second-order valence-electron chi connectivity index (χ2n) is 12.4. The van der Waals surface area contributed by atoms with Gasteiger partial charge in [0.05, 0.1) is 29.4 Å². The van der Waals surface area contributed by atoms with Gasteiger partial charge in [0.15, 0.2) is 15.6 Å². The van der Waals surface area contributed by atoms with Crippen LogP contribution in [0.4, 0.5) is 13.2 Å². The molecule has 1 aliphatic carbocycles. The molecule has 0 radical (unpaired) electrons. The van der Waals surface area contributed by atoms with Crippen molar-refractivity contribution < 1.29 is 35.9 Å². The number of amides is 1. The molecule has 0 spiro atoms.